The number of alkyl halides is 3. The molecule has 1 aliphatic rings. The van der Waals surface area contributed by atoms with Crippen LogP contribution in [0.2, 0.25) is 0 Å². The molecule has 2 aromatic heterocycles. The van der Waals surface area contributed by atoms with Crippen LogP contribution in [0.25, 0.3) is 11.4 Å². The summed E-state index contributed by atoms with van der Waals surface area (Å²) in [5, 5.41) is 10.6. The monoisotopic (exact) mass is 445 g/mol. The van der Waals surface area contributed by atoms with Crippen LogP contribution in [0.15, 0.2) is 54.7 Å². The molecule has 1 aromatic carbocycles. The molecule has 0 saturated heterocycles. The van der Waals surface area contributed by atoms with Gasteiger partial charge in [-0.25, -0.2) is 14.8 Å². The first-order valence-electron chi connectivity index (χ1n) is 9.74. The maximum absolute atomic E-state index is 10.6. The predicted octanol–water partition coefficient (Wildman–Crippen LogP) is 4.08. The van der Waals surface area contributed by atoms with E-state index in [0.29, 0.717) is 6.04 Å². The summed E-state index contributed by atoms with van der Waals surface area (Å²) < 4.78 is 31.7. The first kappa shape index (κ1) is 23.1. The molecule has 7 nitrogen and oxygen atoms in total. The molecule has 0 saturated carbocycles. The lowest BCUT2D eigenvalue weighted by Gasteiger charge is -2.21. The van der Waals surface area contributed by atoms with E-state index in [-0.39, 0.29) is 0 Å². The molecule has 0 aliphatic carbocycles. The van der Waals surface area contributed by atoms with Crippen molar-refractivity contribution in [2.45, 2.75) is 25.7 Å². The summed E-state index contributed by atoms with van der Waals surface area (Å²) in [6, 6.07) is 16.8. The molecule has 0 radical (unpaired) electrons. The number of likely N-dealkylation sites (N-methyl/N-ethyl adjacent to an activating group) is 1. The fourth-order valence-corrected chi connectivity index (χ4v) is 3.39. The number of aromatic nitrogens is 3. The van der Waals surface area contributed by atoms with Gasteiger partial charge in [0.2, 0.25) is 0 Å². The topological polar surface area (TPSA) is 91.2 Å². The van der Waals surface area contributed by atoms with Gasteiger partial charge in [0, 0.05) is 25.4 Å². The van der Waals surface area contributed by atoms with Crippen LogP contribution in [0, 0.1) is 6.92 Å². The maximum Gasteiger partial charge on any atom is 0.490 e. The van der Waals surface area contributed by atoms with Crippen molar-refractivity contribution in [1.82, 2.24) is 19.9 Å². The molecule has 0 amide bonds. The fourth-order valence-electron chi connectivity index (χ4n) is 3.39. The van der Waals surface area contributed by atoms with Crippen molar-refractivity contribution in [3.05, 3.63) is 71.7 Å². The van der Waals surface area contributed by atoms with E-state index in [0.717, 1.165) is 36.1 Å². The Bertz CT molecular complexity index is 1080. The Labute approximate surface area is 183 Å². The first-order chi connectivity index (χ1) is 15.1. The van der Waals surface area contributed by atoms with Crippen LogP contribution in [0.1, 0.15) is 23.0 Å². The van der Waals surface area contributed by atoms with Gasteiger partial charge < -0.3 is 10.4 Å². The molecule has 2 N–H and O–H groups in total. The average Bonchev–Trinajstić information content (AvgIpc) is 3.07. The summed E-state index contributed by atoms with van der Waals surface area (Å²) in [6.07, 6.45) is -3.30. The number of fused-ring (bicyclic) bond motifs is 1. The standard InChI is InChI=1S/C20H21N5.C2HF3O2/c1-14-23-18(17-9-5-6-10-21-17)11-20(24-14)22-12-19-16-8-4-3-7-15(16)13-25(19)2;3-2(4,5)1(6)7/h3-11,19H,12-13H2,1-2H3,(H,22,23,24);(H,6,7). The third-order valence-electron chi connectivity index (χ3n) is 4.85. The molecule has 3 heterocycles. The summed E-state index contributed by atoms with van der Waals surface area (Å²) >= 11 is 0. The zero-order chi connectivity index (χ0) is 23.3. The highest BCUT2D eigenvalue weighted by atomic mass is 19.4. The quantitative estimate of drug-likeness (QED) is 0.625. The van der Waals surface area contributed by atoms with Crippen LogP contribution in [-0.2, 0) is 11.3 Å². The summed E-state index contributed by atoms with van der Waals surface area (Å²) in [4.78, 5) is 24.7. The van der Waals surface area contributed by atoms with Crippen LogP contribution in [0.4, 0.5) is 19.0 Å². The number of rotatable bonds is 4. The predicted molar refractivity (Wildman–Crippen MR) is 113 cm³/mol. The molecular weight excluding hydrogens is 423 g/mol. The largest absolute Gasteiger partial charge is 0.490 e. The number of carbonyl (C=O) groups is 1. The number of hydrogen-bond donors (Lipinski definition) is 2. The zero-order valence-electron chi connectivity index (χ0n) is 17.5. The highest BCUT2D eigenvalue weighted by molar-refractivity contribution is 5.73. The van der Waals surface area contributed by atoms with Crippen LogP contribution < -0.4 is 5.32 Å². The molecule has 3 aromatic rings. The van der Waals surface area contributed by atoms with Gasteiger partial charge in [0.25, 0.3) is 0 Å². The number of nitrogens with zero attached hydrogens (tertiary/aromatic N) is 4. The Kier molecular flexibility index (Phi) is 7.04. The van der Waals surface area contributed by atoms with Gasteiger partial charge in [0.15, 0.2) is 0 Å². The van der Waals surface area contributed by atoms with Crippen LogP contribution in [0.3, 0.4) is 0 Å². The van der Waals surface area contributed by atoms with Crippen LogP contribution in [-0.4, -0.2) is 50.7 Å². The van der Waals surface area contributed by atoms with Gasteiger partial charge in [-0.15, -0.1) is 0 Å². The molecular formula is C22H22F3N5O2. The third kappa shape index (κ3) is 5.79. The third-order valence-corrected chi connectivity index (χ3v) is 4.85. The van der Waals surface area contributed by atoms with Crippen molar-refractivity contribution in [2.24, 2.45) is 0 Å². The van der Waals surface area contributed by atoms with Gasteiger partial charge in [-0.05, 0) is 37.2 Å². The van der Waals surface area contributed by atoms with Crippen molar-refractivity contribution in [1.29, 1.82) is 0 Å². The number of pyridine rings is 1. The van der Waals surface area contributed by atoms with Crippen LogP contribution in [0.5, 0.6) is 0 Å². The van der Waals surface area contributed by atoms with E-state index in [4.69, 9.17) is 9.90 Å². The molecule has 32 heavy (non-hydrogen) atoms. The lowest BCUT2D eigenvalue weighted by Crippen LogP contribution is -2.24. The second-order valence-electron chi connectivity index (χ2n) is 7.21. The fraction of sp³-hybridized carbons (Fsp3) is 0.273. The molecule has 0 fully saturated rings. The summed E-state index contributed by atoms with van der Waals surface area (Å²) in [6.45, 7) is 3.71. The van der Waals surface area contributed by atoms with Crippen molar-refractivity contribution >= 4 is 11.8 Å². The Hall–Kier alpha value is -3.53. The van der Waals surface area contributed by atoms with E-state index in [2.05, 4.69) is 56.5 Å². The van der Waals surface area contributed by atoms with Gasteiger partial charge in [0.05, 0.1) is 17.4 Å². The van der Waals surface area contributed by atoms with Gasteiger partial charge in [-0.3, -0.25) is 9.88 Å². The minimum atomic E-state index is -5.08. The van der Waals surface area contributed by atoms with E-state index in [1.165, 1.54) is 11.1 Å². The first-order valence-corrected chi connectivity index (χ1v) is 9.74. The van der Waals surface area contributed by atoms with E-state index in [1.807, 2.05) is 31.2 Å². The lowest BCUT2D eigenvalue weighted by molar-refractivity contribution is -0.192. The minimum Gasteiger partial charge on any atom is -0.475 e. The average molecular weight is 445 g/mol. The molecule has 1 aliphatic heterocycles. The van der Waals surface area contributed by atoms with Crippen molar-refractivity contribution in [3.8, 4) is 11.4 Å². The number of aliphatic carboxylic acids is 1. The number of carboxylic acids is 1. The van der Waals surface area contributed by atoms with E-state index >= 15 is 0 Å². The lowest BCUT2D eigenvalue weighted by atomic mass is 10.1. The summed E-state index contributed by atoms with van der Waals surface area (Å²) in [5.41, 5.74) is 4.51. The second kappa shape index (κ2) is 9.73. The van der Waals surface area contributed by atoms with Gasteiger partial charge in [0.1, 0.15) is 11.6 Å². The van der Waals surface area contributed by atoms with E-state index in [1.54, 1.807) is 6.20 Å². The smallest absolute Gasteiger partial charge is 0.475 e. The Morgan fingerprint density at radius 1 is 1.16 bits per heavy atom. The molecule has 1 atom stereocenters. The summed E-state index contributed by atoms with van der Waals surface area (Å²) in [7, 11) is 2.16. The maximum atomic E-state index is 10.6. The molecule has 4 rings (SSSR count). The number of halogens is 3. The number of aryl methyl sites for hydroxylation is 1. The number of carboxylic acid groups (broad SMARTS) is 1. The normalized spacial score (nSPS) is 15.5. The Morgan fingerprint density at radius 3 is 2.50 bits per heavy atom. The molecule has 1 unspecified atom stereocenters. The van der Waals surface area contributed by atoms with Gasteiger partial charge in [-0.1, -0.05) is 30.3 Å². The van der Waals surface area contributed by atoms with E-state index < -0.39 is 12.1 Å². The summed E-state index contributed by atoms with van der Waals surface area (Å²) in [5.74, 6) is -1.18. The second-order valence-corrected chi connectivity index (χ2v) is 7.21. The van der Waals surface area contributed by atoms with E-state index in [9.17, 15) is 13.2 Å². The van der Waals surface area contributed by atoms with Crippen LogP contribution >= 0.6 is 0 Å². The molecule has 0 spiro atoms. The number of benzene rings is 1. The molecule has 10 heteroatoms. The van der Waals surface area contributed by atoms with Gasteiger partial charge in [-0.2, -0.15) is 13.2 Å². The van der Waals surface area contributed by atoms with Crippen molar-refractivity contribution < 1.29 is 23.1 Å². The minimum absolute atomic E-state index is 0.352. The van der Waals surface area contributed by atoms with Crippen molar-refractivity contribution in [2.75, 3.05) is 18.9 Å². The molecule has 168 valence electrons. The highest BCUT2D eigenvalue weighted by Gasteiger charge is 2.38. The number of anilines is 1. The number of hydrogen-bond acceptors (Lipinski definition) is 6. The van der Waals surface area contributed by atoms with Crippen molar-refractivity contribution in [3.63, 3.8) is 0 Å². The number of nitrogens with one attached hydrogen (secondary N) is 1. The zero-order valence-corrected chi connectivity index (χ0v) is 17.5. The Morgan fingerprint density at radius 2 is 1.84 bits per heavy atom. The Balaban J connectivity index is 0.000000360. The molecule has 0 bridgehead atoms. The highest BCUT2D eigenvalue weighted by Crippen LogP contribution is 2.32. The SMILES string of the molecule is Cc1nc(NCC2c3ccccc3CN2C)cc(-c2ccccn2)n1.O=C(O)C(F)(F)F. The van der Waals surface area contributed by atoms with Gasteiger partial charge >= 0.3 is 12.1 Å².